The monoisotopic (exact) mass is 212 g/mol. The summed E-state index contributed by atoms with van der Waals surface area (Å²) in [4.78, 5) is 0. The van der Waals surface area contributed by atoms with Crippen LogP contribution in [0.2, 0.25) is 0 Å². The number of ether oxygens (including phenoxy) is 1. The van der Waals surface area contributed by atoms with Crippen molar-refractivity contribution in [2.45, 2.75) is 51.6 Å². The van der Waals surface area contributed by atoms with Gasteiger partial charge in [0.1, 0.15) is 0 Å². The average Bonchev–Trinajstić information content (AvgIpc) is 2.74. The maximum atomic E-state index is 10.0. The second kappa shape index (κ2) is 5.31. The number of hydrogen-bond acceptors (Lipinski definition) is 2. The fraction of sp³-hybridized carbons (Fsp3) is 1.00. The average molecular weight is 212 g/mol. The van der Waals surface area contributed by atoms with E-state index in [4.69, 9.17) is 4.74 Å². The zero-order valence-corrected chi connectivity index (χ0v) is 9.82. The summed E-state index contributed by atoms with van der Waals surface area (Å²) in [5.41, 5.74) is 0. The van der Waals surface area contributed by atoms with E-state index in [9.17, 15) is 5.11 Å². The lowest BCUT2D eigenvalue weighted by molar-refractivity contribution is 0.0333. The van der Waals surface area contributed by atoms with E-state index in [-0.39, 0.29) is 6.10 Å². The Morgan fingerprint density at radius 1 is 1.20 bits per heavy atom. The Balaban J connectivity index is 1.82. The highest BCUT2D eigenvalue weighted by atomic mass is 16.5. The smallest absolute Gasteiger partial charge is 0.0568 e. The molecule has 88 valence electrons. The van der Waals surface area contributed by atoms with E-state index in [1.807, 2.05) is 0 Å². The Morgan fingerprint density at radius 3 is 2.73 bits per heavy atom. The van der Waals surface area contributed by atoms with Crippen molar-refractivity contribution in [2.75, 3.05) is 13.2 Å². The molecule has 0 bridgehead atoms. The predicted molar refractivity (Wildman–Crippen MR) is 60.7 cm³/mol. The van der Waals surface area contributed by atoms with Crippen LogP contribution in [0.5, 0.6) is 0 Å². The first-order valence-electron chi connectivity index (χ1n) is 6.55. The molecule has 1 saturated heterocycles. The van der Waals surface area contributed by atoms with Crippen molar-refractivity contribution in [1.82, 2.24) is 0 Å². The molecule has 1 aliphatic carbocycles. The molecule has 1 aliphatic heterocycles. The Morgan fingerprint density at radius 2 is 2.07 bits per heavy atom. The molecule has 0 aromatic rings. The van der Waals surface area contributed by atoms with Gasteiger partial charge in [-0.15, -0.1) is 0 Å². The van der Waals surface area contributed by atoms with Crippen LogP contribution in [-0.2, 0) is 4.74 Å². The SMILES string of the molecule is CCC1CCC(O)C(CC2CCOC2)C1. The Bertz CT molecular complexity index is 187. The van der Waals surface area contributed by atoms with Gasteiger partial charge in [0.05, 0.1) is 6.10 Å². The molecule has 4 atom stereocenters. The van der Waals surface area contributed by atoms with Gasteiger partial charge in [-0.25, -0.2) is 0 Å². The molecule has 2 nitrogen and oxygen atoms in total. The maximum absolute atomic E-state index is 10.0. The minimum Gasteiger partial charge on any atom is -0.393 e. The maximum Gasteiger partial charge on any atom is 0.0568 e. The van der Waals surface area contributed by atoms with E-state index in [1.165, 1.54) is 32.1 Å². The molecule has 1 saturated carbocycles. The molecule has 0 amide bonds. The molecular formula is C13H24O2. The zero-order valence-electron chi connectivity index (χ0n) is 9.82. The van der Waals surface area contributed by atoms with Crippen LogP contribution in [0.1, 0.15) is 45.4 Å². The molecule has 1 heterocycles. The molecular weight excluding hydrogens is 188 g/mol. The third kappa shape index (κ3) is 2.94. The normalized spacial score (nSPS) is 42.0. The van der Waals surface area contributed by atoms with Gasteiger partial charge in [0, 0.05) is 13.2 Å². The Labute approximate surface area is 93.0 Å². The van der Waals surface area contributed by atoms with Crippen LogP contribution in [-0.4, -0.2) is 24.4 Å². The van der Waals surface area contributed by atoms with Crippen molar-refractivity contribution in [3.05, 3.63) is 0 Å². The molecule has 1 N–H and O–H groups in total. The lowest BCUT2D eigenvalue weighted by Gasteiger charge is -2.34. The fourth-order valence-corrected chi connectivity index (χ4v) is 3.17. The van der Waals surface area contributed by atoms with E-state index in [1.54, 1.807) is 0 Å². The third-order valence-electron chi connectivity index (χ3n) is 4.29. The lowest BCUT2D eigenvalue weighted by Crippen LogP contribution is -2.30. The first kappa shape index (κ1) is 11.4. The van der Waals surface area contributed by atoms with Crippen molar-refractivity contribution < 1.29 is 9.84 Å². The first-order chi connectivity index (χ1) is 7.29. The summed E-state index contributed by atoms with van der Waals surface area (Å²) in [6.45, 7) is 4.14. The van der Waals surface area contributed by atoms with Gasteiger partial charge in [0.15, 0.2) is 0 Å². The van der Waals surface area contributed by atoms with Crippen LogP contribution in [0, 0.1) is 17.8 Å². The second-order valence-corrected chi connectivity index (χ2v) is 5.38. The molecule has 2 rings (SSSR count). The van der Waals surface area contributed by atoms with E-state index >= 15 is 0 Å². The van der Waals surface area contributed by atoms with Crippen molar-refractivity contribution >= 4 is 0 Å². The molecule has 0 aromatic carbocycles. The summed E-state index contributed by atoms with van der Waals surface area (Å²) < 4.78 is 5.41. The zero-order chi connectivity index (χ0) is 10.7. The standard InChI is InChI=1S/C13H24O2/c1-2-10-3-4-13(14)12(7-10)8-11-5-6-15-9-11/h10-14H,2-9H2,1H3. The lowest BCUT2D eigenvalue weighted by atomic mass is 9.74. The summed E-state index contributed by atoms with van der Waals surface area (Å²) in [6.07, 6.45) is 7.15. The van der Waals surface area contributed by atoms with Crippen LogP contribution in [0.25, 0.3) is 0 Å². The van der Waals surface area contributed by atoms with Gasteiger partial charge in [0.2, 0.25) is 0 Å². The van der Waals surface area contributed by atoms with Gasteiger partial charge in [-0.2, -0.15) is 0 Å². The van der Waals surface area contributed by atoms with Crippen LogP contribution < -0.4 is 0 Å². The summed E-state index contributed by atoms with van der Waals surface area (Å²) in [6, 6.07) is 0. The minimum absolute atomic E-state index is 0.0339. The van der Waals surface area contributed by atoms with Crippen LogP contribution in [0.4, 0.5) is 0 Å². The van der Waals surface area contributed by atoms with Crippen molar-refractivity contribution in [3.8, 4) is 0 Å². The van der Waals surface area contributed by atoms with Crippen LogP contribution >= 0.6 is 0 Å². The van der Waals surface area contributed by atoms with Crippen molar-refractivity contribution in [3.63, 3.8) is 0 Å². The highest BCUT2D eigenvalue weighted by molar-refractivity contribution is 4.82. The summed E-state index contributed by atoms with van der Waals surface area (Å²) in [7, 11) is 0. The second-order valence-electron chi connectivity index (χ2n) is 5.38. The summed E-state index contributed by atoms with van der Waals surface area (Å²) in [5, 5.41) is 10.0. The largest absolute Gasteiger partial charge is 0.393 e. The molecule has 2 heteroatoms. The van der Waals surface area contributed by atoms with Gasteiger partial charge < -0.3 is 9.84 Å². The van der Waals surface area contributed by atoms with Gasteiger partial charge in [-0.3, -0.25) is 0 Å². The summed E-state index contributed by atoms with van der Waals surface area (Å²) in [5.74, 6) is 2.14. The van der Waals surface area contributed by atoms with Crippen molar-refractivity contribution in [1.29, 1.82) is 0 Å². The number of aliphatic hydroxyl groups excluding tert-OH is 1. The number of aliphatic hydroxyl groups is 1. The molecule has 15 heavy (non-hydrogen) atoms. The Kier molecular flexibility index (Phi) is 4.04. The van der Waals surface area contributed by atoms with Gasteiger partial charge in [-0.1, -0.05) is 13.3 Å². The molecule has 0 aromatic heterocycles. The van der Waals surface area contributed by atoms with E-state index in [2.05, 4.69) is 6.92 Å². The van der Waals surface area contributed by atoms with E-state index in [0.29, 0.717) is 5.92 Å². The van der Waals surface area contributed by atoms with E-state index < -0.39 is 0 Å². The first-order valence-corrected chi connectivity index (χ1v) is 6.55. The summed E-state index contributed by atoms with van der Waals surface area (Å²) >= 11 is 0. The van der Waals surface area contributed by atoms with Crippen LogP contribution in [0.15, 0.2) is 0 Å². The van der Waals surface area contributed by atoms with Gasteiger partial charge in [0.25, 0.3) is 0 Å². The molecule has 4 unspecified atom stereocenters. The molecule has 0 spiro atoms. The molecule has 2 aliphatic rings. The predicted octanol–water partition coefficient (Wildman–Crippen LogP) is 2.60. The third-order valence-corrected chi connectivity index (χ3v) is 4.29. The number of rotatable bonds is 3. The molecule has 0 radical (unpaired) electrons. The Hall–Kier alpha value is -0.0800. The quantitative estimate of drug-likeness (QED) is 0.779. The van der Waals surface area contributed by atoms with E-state index in [0.717, 1.165) is 31.5 Å². The van der Waals surface area contributed by atoms with Gasteiger partial charge >= 0.3 is 0 Å². The minimum atomic E-state index is -0.0339. The molecule has 2 fully saturated rings. The van der Waals surface area contributed by atoms with Gasteiger partial charge in [-0.05, 0) is 49.9 Å². The van der Waals surface area contributed by atoms with Crippen LogP contribution in [0.3, 0.4) is 0 Å². The number of hydrogen-bond donors (Lipinski definition) is 1. The highest BCUT2D eigenvalue weighted by Gasteiger charge is 2.31. The fourth-order valence-electron chi connectivity index (χ4n) is 3.17. The van der Waals surface area contributed by atoms with Crippen molar-refractivity contribution in [2.24, 2.45) is 17.8 Å². The highest BCUT2D eigenvalue weighted by Crippen LogP contribution is 2.36. The topological polar surface area (TPSA) is 29.5 Å².